The van der Waals surface area contributed by atoms with Crippen LogP contribution in [-0.2, 0) is 6.42 Å². The smallest absolute Gasteiger partial charge is 0.265 e. The van der Waals surface area contributed by atoms with Gasteiger partial charge in [-0.2, -0.15) is 4.98 Å². The van der Waals surface area contributed by atoms with Crippen molar-refractivity contribution in [2.45, 2.75) is 33.1 Å². The highest BCUT2D eigenvalue weighted by atomic mass is 32.1. The molecule has 92 valence electrons. The van der Waals surface area contributed by atoms with Gasteiger partial charge in [-0.3, -0.25) is 9.20 Å². The summed E-state index contributed by atoms with van der Waals surface area (Å²) in [6, 6.07) is 0. The van der Waals surface area contributed by atoms with Gasteiger partial charge in [0.15, 0.2) is 4.96 Å². The van der Waals surface area contributed by atoms with Crippen molar-refractivity contribution in [3.05, 3.63) is 27.5 Å². The largest absolute Gasteiger partial charge is 0.477 e. The van der Waals surface area contributed by atoms with Crippen molar-refractivity contribution in [2.75, 3.05) is 6.61 Å². The van der Waals surface area contributed by atoms with E-state index in [1.54, 1.807) is 10.6 Å². The molecule has 2 aromatic rings. The fourth-order valence-corrected chi connectivity index (χ4v) is 2.38. The van der Waals surface area contributed by atoms with Crippen LogP contribution in [0.1, 0.15) is 32.3 Å². The van der Waals surface area contributed by atoms with Gasteiger partial charge in [0, 0.05) is 11.6 Å². The van der Waals surface area contributed by atoms with Gasteiger partial charge in [0.2, 0.25) is 5.88 Å². The number of fused-ring (bicyclic) bond motifs is 1. The summed E-state index contributed by atoms with van der Waals surface area (Å²) in [6.45, 7) is 4.69. The summed E-state index contributed by atoms with van der Waals surface area (Å²) in [7, 11) is 0. The Morgan fingerprint density at radius 1 is 1.41 bits per heavy atom. The van der Waals surface area contributed by atoms with Crippen LogP contribution in [0.5, 0.6) is 5.88 Å². The average Bonchev–Trinajstić information content (AvgIpc) is 2.79. The van der Waals surface area contributed by atoms with Crippen molar-refractivity contribution < 1.29 is 4.74 Å². The summed E-state index contributed by atoms with van der Waals surface area (Å²) in [6.07, 6.45) is 4.30. The van der Waals surface area contributed by atoms with Gasteiger partial charge in [-0.15, -0.1) is 11.3 Å². The summed E-state index contributed by atoms with van der Waals surface area (Å²) in [5, 5.41) is 1.86. The molecule has 0 aromatic carbocycles. The third-order valence-corrected chi connectivity index (χ3v) is 3.22. The maximum Gasteiger partial charge on any atom is 0.265 e. The molecule has 0 bridgehead atoms. The van der Waals surface area contributed by atoms with Crippen LogP contribution in [0.2, 0.25) is 0 Å². The summed E-state index contributed by atoms with van der Waals surface area (Å²) in [5.74, 6) is 0.515. The van der Waals surface area contributed by atoms with E-state index in [2.05, 4.69) is 4.98 Å². The lowest BCUT2D eigenvalue weighted by atomic mass is 10.2. The molecule has 2 rings (SSSR count). The second kappa shape index (κ2) is 5.31. The molecule has 0 amide bonds. The maximum absolute atomic E-state index is 12.2. The van der Waals surface area contributed by atoms with Crippen LogP contribution >= 0.6 is 11.3 Å². The lowest BCUT2D eigenvalue weighted by Crippen LogP contribution is -2.20. The van der Waals surface area contributed by atoms with E-state index in [1.165, 1.54) is 11.3 Å². The number of hydrogen-bond acceptors (Lipinski definition) is 4. The van der Waals surface area contributed by atoms with Crippen molar-refractivity contribution in [1.29, 1.82) is 0 Å². The van der Waals surface area contributed by atoms with E-state index >= 15 is 0 Å². The molecule has 0 saturated heterocycles. The molecule has 0 fully saturated rings. The number of aromatic nitrogens is 2. The van der Waals surface area contributed by atoms with Gasteiger partial charge < -0.3 is 4.74 Å². The van der Waals surface area contributed by atoms with Crippen LogP contribution < -0.4 is 10.3 Å². The molecule has 2 heterocycles. The van der Waals surface area contributed by atoms with Crippen molar-refractivity contribution in [2.24, 2.45) is 0 Å². The first-order chi connectivity index (χ1) is 8.27. The van der Waals surface area contributed by atoms with Crippen molar-refractivity contribution in [3.8, 4) is 5.88 Å². The number of thiazole rings is 1. The fourth-order valence-electron chi connectivity index (χ4n) is 1.68. The van der Waals surface area contributed by atoms with Crippen LogP contribution in [0.3, 0.4) is 0 Å². The summed E-state index contributed by atoms with van der Waals surface area (Å²) in [5.41, 5.74) is 0.695. The lowest BCUT2D eigenvalue weighted by Gasteiger charge is -2.08. The molecule has 5 heteroatoms. The van der Waals surface area contributed by atoms with E-state index < -0.39 is 0 Å². The van der Waals surface area contributed by atoms with Gasteiger partial charge in [0.1, 0.15) is 0 Å². The number of rotatable bonds is 5. The van der Waals surface area contributed by atoms with E-state index in [-0.39, 0.29) is 5.56 Å². The Morgan fingerprint density at radius 2 is 2.24 bits per heavy atom. The molecule has 0 radical (unpaired) electrons. The standard InChI is InChI=1S/C12H16N2O2S/c1-3-5-9-10(16-7-4-2)13-12-14(11(9)15)6-8-17-12/h6,8H,3-5,7H2,1-2H3. The average molecular weight is 252 g/mol. The lowest BCUT2D eigenvalue weighted by molar-refractivity contribution is 0.301. The predicted octanol–water partition coefficient (Wildman–Crippen LogP) is 2.50. The zero-order chi connectivity index (χ0) is 12.3. The van der Waals surface area contributed by atoms with Gasteiger partial charge in [-0.25, -0.2) is 0 Å². The van der Waals surface area contributed by atoms with Crippen molar-refractivity contribution >= 4 is 16.3 Å². The first kappa shape index (κ1) is 12.1. The first-order valence-electron chi connectivity index (χ1n) is 5.89. The molecule has 0 aliphatic carbocycles. The van der Waals surface area contributed by atoms with Crippen molar-refractivity contribution in [1.82, 2.24) is 9.38 Å². The monoisotopic (exact) mass is 252 g/mol. The highest BCUT2D eigenvalue weighted by molar-refractivity contribution is 7.15. The van der Waals surface area contributed by atoms with Gasteiger partial charge in [-0.1, -0.05) is 20.3 Å². The van der Waals surface area contributed by atoms with E-state index in [0.29, 0.717) is 29.4 Å². The molecule has 0 unspecified atom stereocenters. The maximum atomic E-state index is 12.2. The zero-order valence-corrected chi connectivity index (χ0v) is 10.9. The molecule has 0 saturated carbocycles. The third kappa shape index (κ3) is 2.34. The van der Waals surface area contributed by atoms with Crippen LogP contribution in [0, 0.1) is 0 Å². The summed E-state index contributed by atoms with van der Waals surface area (Å²) >= 11 is 1.45. The minimum Gasteiger partial charge on any atom is -0.477 e. The number of nitrogens with zero attached hydrogens (tertiary/aromatic N) is 2. The van der Waals surface area contributed by atoms with E-state index in [0.717, 1.165) is 12.8 Å². The molecule has 0 N–H and O–H groups in total. The second-order valence-corrected chi connectivity index (χ2v) is 4.73. The Bertz CT molecular complexity index is 559. The van der Waals surface area contributed by atoms with Crippen LogP contribution in [0.25, 0.3) is 4.96 Å². The zero-order valence-electron chi connectivity index (χ0n) is 10.1. The Morgan fingerprint density at radius 3 is 2.94 bits per heavy atom. The molecule has 0 spiro atoms. The summed E-state index contributed by atoms with van der Waals surface area (Å²) in [4.78, 5) is 17.3. The van der Waals surface area contributed by atoms with E-state index in [4.69, 9.17) is 4.74 Å². The molecular formula is C12H16N2O2S. The number of hydrogen-bond donors (Lipinski definition) is 0. The van der Waals surface area contributed by atoms with Crippen LogP contribution in [0.15, 0.2) is 16.4 Å². The van der Waals surface area contributed by atoms with Crippen LogP contribution in [0.4, 0.5) is 0 Å². The minimum absolute atomic E-state index is 0.00389. The van der Waals surface area contributed by atoms with E-state index in [1.807, 2.05) is 19.2 Å². The molecule has 17 heavy (non-hydrogen) atoms. The SMILES string of the molecule is CCCOc1nc2sccn2c(=O)c1CCC. The molecule has 0 aliphatic rings. The molecule has 2 aromatic heterocycles. The fraction of sp³-hybridized carbons (Fsp3) is 0.500. The molecular weight excluding hydrogens is 236 g/mol. The molecule has 0 aliphatic heterocycles. The number of ether oxygens (including phenoxy) is 1. The molecule has 0 atom stereocenters. The normalized spacial score (nSPS) is 10.9. The third-order valence-electron chi connectivity index (χ3n) is 2.46. The topological polar surface area (TPSA) is 43.6 Å². The highest BCUT2D eigenvalue weighted by Crippen LogP contribution is 2.17. The van der Waals surface area contributed by atoms with Crippen molar-refractivity contribution in [3.63, 3.8) is 0 Å². The van der Waals surface area contributed by atoms with Gasteiger partial charge in [-0.05, 0) is 12.8 Å². The Kier molecular flexibility index (Phi) is 3.78. The quantitative estimate of drug-likeness (QED) is 0.821. The first-order valence-corrected chi connectivity index (χ1v) is 6.77. The van der Waals surface area contributed by atoms with Crippen LogP contribution in [-0.4, -0.2) is 16.0 Å². The Hall–Kier alpha value is -1.36. The Balaban J connectivity index is 2.53. The summed E-state index contributed by atoms with van der Waals surface area (Å²) < 4.78 is 7.17. The predicted molar refractivity (Wildman–Crippen MR) is 69.1 cm³/mol. The van der Waals surface area contributed by atoms with E-state index in [9.17, 15) is 4.79 Å². The highest BCUT2D eigenvalue weighted by Gasteiger charge is 2.13. The minimum atomic E-state index is 0.00389. The van der Waals surface area contributed by atoms with Gasteiger partial charge >= 0.3 is 0 Å². The Labute approximate surface area is 104 Å². The molecule has 4 nitrogen and oxygen atoms in total. The van der Waals surface area contributed by atoms with Gasteiger partial charge in [0.25, 0.3) is 5.56 Å². The van der Waals surface area contributed by atoms with Gasteiger partial charge in [0.05, 0.1) is 12.2 Å². The second-order valence-electron chi connectivity index (χ2n) is 3.85.